The average molecular weight is 337 g/mol. The van der Waals surface area contributed by atoms with E-state index in [4.69, 9.17) is 14.6 Å². The highest BCUT2D eigenvalue weighted by atomic mass is 16.5. The highest BCUT2D eigenvalue weighted by Gasteiger charge is 2.50. The van der Waals surface area contributed by atoms with Crippen LogP contribution in [0.25, 0.3) is 0 Å². The Labute approximate surface area is 142 Å². The summed E-state index contributed by atoms with van der Waals surface area (Å²) in [6.07, 6.45) is 8.34. The lowest BCUT2D eigenvalue weighted by Crippen LogP contribution is -2.51. The SMILES string of the molecule is CO[C@@H]1CC[C@]2(OC)CCN(Cc3cnn(CCC(=O)O)c3)[C@@H]2C1. The third-order valence-corrected chi connectivity index (χ3v) is 5.61. The maximum absolute atomic E-state index is 10.7. The molecule has 0 radical (unpaired) electrons. The molecule has 2 heterocycles. The molecule has 0 amide bonds. The zero-order valence-electron chi connectivity index (χ0n) is 14.5. The van der Waals surface area contributed by atoms with Gasteiger partial charge in [0.05, 0.1) is 30.9 Å². The second-order valence-electron chi connectivity index (χ2n) is 6.89. The highest BCUT2D eigenvalue weighted by Crippen LogP contribution is 2.43. The molecule has 3 rings (SSSR count). The number of fused-ring (bicyclic) bond motifs is 1. The number of nitrogens with zero attached hydrogens (tertiary/aromatic N) is 3. The van der Waals surface area contributed by atoms with Gasteiger partial charge in [0.25, 0.3) is 0 Å². The molecule has 7 heteroatoms. The van der Waals surface area contributed by atoms with E-state index in [1.54, 1.807) is 11.8 Å². The second kappa shape index (κ2) is 7.21. The van der Waals surface area contributed by atoms with Gasteiger partial charge in [0.15, 0.2) is 0 Å². The van der Waals surface area contributed by atoms with Gasteiger partial charge in [0.2, 0.25) is 0 Å². The third-order valence-electron chi connectivity index (χ3n) is 5.61. The van der Waals surface area contributed by atoms with Gasteiger partial charge in [-0.1, -0.05) is 0 Å². The molecule has 1 aliphatic carbocycles. The van der Waals surface area contributed by atoms with E-state index in [2.05, 4.69) is 10.00 Å². The Morgan fingerprint density at radius 1 is 1.46 bits per heavy atom. The summed E-state index contributed by atoms with van der Waals surface area (Å²) >= 11 is 0. The molecule has 2 aliphatic rings. The molecule has 1 N–H and O–H groups in total. The summed E-state index contributed by atoms with van der Waals surface area (Å²) in [7, 11) is 3.61. The minimum absolute atomic E-state index is 0.0473. The standard InChI is InChI=1S/C17H27N3O4/c1-23-14-3-5-17(24-2)6-8-19(15(17)9-14)11-13-10-18-20(12-13)7-4-16(21)22/h10,12,14-15H,3-9,11H2,1-2H3,(H,21,22)/t14-,15-,17+/m1/s1. The molecule has 134 valence electrons. The molecule has 1 saturated heterocycles. The fraction of sp³-hybridized carbons (Fsp3) is 0.765. The third kappa shape index (κ3) is 3.48. The van der Waals surface area contributed by atoms with Crippen LogP contribution in [0.15, 0.2) is 12.4 Å². The number of aromatic nitrogens is 2. The summed E-state index contributed by atoms with van der Waals surface area (Å²) in [6, 6.07) is 0.364. The smallest absolute Gasteiger partial charge is 0.305 e. The molecule has 0 unspecified atom stereocenters. The fourth-order valence-corrected chi connectivity index (χ4v) is 4.21. The number of aryl methyl sites for hydroxylation is 1. The zero-order chi connectivity index (χ0) is 17.2. The summed E-state index contributed by atoms with van der Waals surface area (Å²) < 4.78 is 13.3. The van der Waals surface area contributed by atoms with Gasteiger partial charge >= 0.3 is 5.97 Å². The highest BCUT2D eigenvalue weighted by molar-refractivity contribution is 5.66. The van der Waals surface area contributed by atoms with Crippen LogP contribution in [0.5, 0.6) is 0 Å². The Balaban J connectivity index is 1.65. The predicted molar refractivity (Wildman–Crippen MR) is 87.7 cm³/mol. The first-order valence-electron chi connectivity index (χ1n) is 8.61. The number of carboxylic acids is 1. The Morgan fingerprint density at radius 2 is 2.29 bits per heavy atom. The van der Waals surface area contributed by atoms with E-state index in [0.717, 1.165) is 44.3 Å². The van der Waals surface area contributed by atoms with Gasteiger partial charge in [-0.2, -0.15) is 5.10 Å². The number of carbonyl (C=O) groups is 1. The molecule has 1 aliphatic heterocycles. The second-order valence-corrected chi connectivity index (χ2v) is 6.89. The maximum atomic E-state index is 10.7. The van der Waals surface area contributed by atoms with E-state index in [1.165, 1.54) is 0 Å². The van der Waals surface area contributed by atoms with E-state index < -0.39 is 5.97 Å². The molecule has 1 saturated carbocycles. The molecule has 0 aromatic carbocycles. The molecule has 24 heavy (non-hydrogen) atoms. The topological polar surface area (TPSA) is 76.8 Å². The van der Waals surface area contributed by atoms with Crippen molar-refractivity contribution in [1.82, 2.24) is 14.7 Å². The van der Waals surface area contributed by atoms with Crippen molar-refractivity contribution in [2.75, 3.05) is 20.8 Å². The number of aliphatic carboxylic acids is 1. The van der Waals surface area contributed by atoms with Gasteiger partial charge in [-0.15, -0.1) is 0 Å². The van der Waals surface area contributed by atoms with Crippen molar-refractivity contribution < 1.29 is 19.4 Å². The van der Waals surface area contributed by atoms with Crippen LogP contribution in [0.2, 0.25) is 0 Å². The number of methoxy groups -OCH3 is 2. The van der Waals surface area contributed by atoms with Crippen molar-refractivity contribution in [2.45, 2.75) is 62.9 Å². The minimum atomic E-state index is -0.802. The quantitative estimate of drug-likeness (QED) is 0.813. The predicted octanol–water partition coefficient (Wildman–Crippen LogP) is 1.52. The number of rotatable bonds is 7. The molecule has 3 atom stereocenters. The fourth-order valence-electron chi connectivity index (χ4n) is 4.21. The Bertz CT molecular complexity index is 576. The van der Waals surface area contributed by atoms with E-state index in [1.807, 2.05) is 19.5 Å². The number of carboxylic acid groups (broad SMARTS) is 1. The largest absolute Gasteiger partial charge is 0.481 e. The zero-order valence-corrected chi connectivity index (χ0v) is 14.5. The lowest BCUT2D eigenvalue weighted by Gasteiger charge is -2.43. The molecule has 2 fully saturated rings. The molecule has 1 aromatic heterocycles. The van der Waals surface area contributed by atoms with Crippen molar-refractivity contribution in [2.24, 2.45) is 0 Å². The van der Waals surface area contributed by atoms with Crippen molar-refractivity contribution >= 4 is 5.97 Å². The van der Waals surface area contributed by atoms with Crippen LogP contribution in [0.3, 0.4) is 0 Å². The van der Waals surface area contributed by atoms with Crippen LogP contribution >= 0.6 is 0 Å². The molecule has 1 aromatic rings. The molecule has 7 nitrogen and oxygen atoms in total. The molecular weight excluding hydrogens is 310 g/mol. The Morgan fingerprint density at radius 3 is 3.00 bits per heavy atom. The van der Waals surface area contributed by atoms with Crippen molar-refractivity contribution in [1.29, 1.82) is 0 Å². The van der Waals surface area contributed by atoms with Gasteiger partial charge in [0.1, 0.15) is 0 Å². The molecule has 0 bridgehead atoms. The van der Waals surface area contributed by atoms with Crippen LogP contribution < -0.4 is 0 Å². The minimum Gasteiger partial charge on any atom is -0.481 e. The van der Waals surface area contributed by atoms with Gasteiger partial charge in [0, 0.05) is 45.1 Å². The van der Waals surface area contributed by atoms with Crippen molar-refractivity contribution in [3.05, 3.63) is 18.0 Å². The van der Waals surface area contributed by atoms with E-state index >= 15 is 0 Å². The van der Waals surface area contributed by atoms with Crippen molar-refractivity contribution in [3.8, 4) is 0 Å². The summed E-state index contributed by atoms with van der Waals surface area (Å²) in [4.78, 5) is 13.1. The van der Waals surface area contributed by atoms with E-state index in [9.17, 15) is 4.79 Å². The normalized spacial score (nSPS) is 30.4. The van der Waals surface area contributed by atoms with Gasteiger partial charge in [-0.05, 0) is 25.7 Å². The van der Waals surface area contributed by atoms with Crippen LogP contribution in [-0.2, 0) is 27.4 Å². The van der Waals surface area contributed by atoms with Crippen LogP contribution in [-0.4, -0.2) is 64.3 Å². The van der Waals surface area contributed by atoms with Gasteiger partial charge < -0.3 is 14.6 Å². The summed E-state index contributed by atoms with van der Waals surface area (Å²) in [5, 5.41) is 13.0. The number of likely N-dealkylation sites (tertiary alicyclic amines) is 1. The molecule has 0 spiro atoms. The van der Waals surface area contributed by atoms with Crippen LogP contribution in [0.4, 0.5) is 0 Å². The van der Waals surface area contributed by atoms with E-state index in [0.29, 0.717) is 18.7 Å². The summed E-state index contributed by atoms with van der Waals surface area (Å²) in [6.45, 7) is 2.24. The molecular formula is C17H27N3O4. The van der Waals surface area contributed by atoms with Gasteiger partial charge in [-0.25, -0.2) is 0 Å². The Kier molecular flexibility index (Phi) is 5.22. The van der Waals surface area contributed by atoms with Crippen molar-refractivity contribution in [3.63, 3.8) is 0 Å². The average Bonchev–Trinajstić information content (AvgIpc) is 3.18. The lowest BCUT2D eigenvalue weighted by atomic mass is 9.79. The Hall–Kier alpha value is -1.44. The number of ether oxygens (including phenoxy) is 2. The lowest BCUT2D eigenvalue weighted by molar-refractivity contribution is -0.137. The van der Waals surface area contributed by atoms with Gasteiger partial charge in [-0.3, -0.25) is 14.4 Å². The first-order chi connectivity index (χ1) is 11.6. The first-order valence-corrected chi connectivity index (χ1v) is 8.61. The monoisotopic (exact) mass is 337 g/mol. The maximum Gasteiger partial charge on any atom is 0.305 e. The summed E-state index contributed by atoms with van der Waals surface area (Å²) in [5.74, 6) is -0.802. The number of hydrogen-bond donors (Lipinski definition) is 1. The van der Waals surface area contributed by atoms with E-state index in [-0.39, 0.29) is 12.0 Å². The number of hydrogen-bond acceptors (Lipinski definition) is 5. The first kappa shape index (κ1) is 17.4. The van der Waals surface area contributed by atoms with Crippen LogP contribution in [0, 0.1) is 0 Å². The van der Waals surface area contributed by atoms with Crippen LogP contribution in [0.1, 0.15) is 37.7 Å². The summed E-state index contributed by atoms with van der Waals surface area (Å²) in [5.41, 5.74) is 1.07.